The van der Waals surface area contributed by atoms with Crippen LogP contribution in [-0.2, 0) is 9.53 Å². The summed E-state index contributed by atoms with van der Waals surface area (Å²) < 4.78 is 23.6. The van der Waals surface area contributed by atoms with Gasteiger partial charge in [-0.15, -0.1) is 0 Å². The van der Waals surface area contributed by atoms with Gasteiger partial charge < -0.3 is 19.9 Å². The number of rotatable bonds is 5. The number of carbonyl (C=O) groups is 1. The minimum absolute atomic E-state index is 0.00317. The zero-order valence-corrected chi connectivity index (χ0v) is 21.2. The van der Waals surface area contributed by atoms with Crippen molar-refractivity contribution in [2.45, 2.75) is 62.1 Å². The van der Waals surface area contributed by atoms with Crippen LogP contribution in [0.15, 0.2) is 47.1 Å². The smallest absolute Gasteiger partial charge is 0.253 e. The van der Waals surface area contributed by atoms with Crippen LogP contribution in [0.2, 0.25) is 0 Å². The zero-order chi connectivity index (χ0) is 24.6. The fourth-order valence-electron chi connectivity index (χ4n) is 5.46. The molecule has 0 bridgehead atoms. The van der Waals surface area contributed by atoms with Gasteiger partial charge in [0.05, 0.1) is 33.4 Å². The molecule has 2 aliphatic heterocycles. The van der Waals surface area contributed by atoms with Crippen molar-refractivity contribution < 1.29 is 13.9 Å². The summed E-state index contributed by atoms with van der Waals surface area (Å²) in [5, 5.41) is 5.79. The SMILES string of the molecule is O=C(NC1CCCC(n2c(-c3ccccc3F)nc3cnc(C4CCCO4)cc32)C1)C1NC=C(Cl)S1. The lowest BCUT2D eigenvalue weighted by Gasteiger charge is -2.32. The van der Waals surface area contributed by atoms with Crippen molar-refractivity contribution in [1.29, 1.82) is 0 Å². The van der Waals surface area contributed by atoms with Gasteiger partial charge in [-0.25, -0.2) is 9.37 Å². The number of fused-ring (bicyclic) bond motifs is 1. The summed E-state index contributed by atoms with van der Waals surface area (Å²) >= 11 is 7.32. The topological polar surface area (TPSA) is 81.1 Å². The summed E-state index contributed by atoms with van der Waals surface area (Å²) in [4.78, 5) is 22.3. The second-order valence-corrected chi connectivity index (χ2v) is 11.3. The average molecular weight is 528 g/mol. The van der Waals surface area contributed by atoms with Gasteiger partial charge in [-0.05, 0) is 56.7 Å². The quantitative estimate of drug-likeness (QED) is 0.463. The molecule has 6 rings (SSSR count). The first-order valence-electron chi connectivity index (χ1n) is 12.4. The molecule has 4 unspecified atom stereocenters. The van der Waals surface area contributed by atoms with Gasteiger partial charge in [0.25, 0.3) is 5.91 Å². The number of imidazole rings is 1. The van der Waals surface area contributed by atoms with Crippen LogP contribution in [0.5, 0.6) is 0 Å². The predicted molar refractivity (Wildman–Crippen MR) is 139 cm³/mol. The third-order valence-electron chi connectivity index (χ3n) is 7.15. The molecule has 7 nitrogen and oxygen atoms in total. The highest BCUT2D eigenvalue weighted by Crippen LogP contribution is 2.38. The van der Waals surface area contributed by atoms with E-state index in [1.165, 1.54) is 17.8 Å². The highest BCUT2D eigenvalue weighted by molar-refractivity contribution is 8.06. The molecule has 2 aromatic heterocycles. The molecule has 4 heterocycles. The Hall–Kier alpha value is -2.62. The van der Waals surface area contributed by atoms with E-state index in [1.807, 2.05) is 6.07 Å². The Kier molecular flexibility index (Phi) is 6.62. The average Bonchev–Trinajstić information content (AvgIpc) is 3.64. The summed E-state index contributed by atoms with van der Waals surface area (Å²) in [7, 11) is 0. The Morgan fingerprint density at radius 3 is 2.92 bits per heavy atom. The van der Waals surface area contributed by atoms with Gasteiger partial charge >= 0.3 is 0 Å². The summed E-state index contributed by atoms with van der Waals surface area (Å²) in [6.45, 7) is 0.739. The van der Waals surface area contributed by atoms with Crippen LogP contribution in [0.1, 0.15) is 56.4 Å². The number of ether oxygens (including phenoxy) is 1. The van der Waals surface area contributed by atoms with Gasteiger partial charge in [-0.2, -0.15) is 0 Å². The third-order valence-corrected chi connectivity index (χ3v) is 8.45. The number of hydrogen-bond acceptors (Lipinski definition) is 6. The maximum Gasteiger partial charge on any atom is 0.253 e. The van der Waals surface area contributed by atoms with Gasteiger partial charge in [-0.1, -0.05) is 35.5 Å². The van der Waals surface area contributed by atoms with Gasteiger partial charge in [-0.3, -0.25) is 9.78 Å². The highest BCUT2D eigenvalue weighted by Gasteiger charge is 2.32. The Bertz CT molecular complexity index is 1320. The van der Waals surface area contributed by atoms with Crippen molar-refractivity contribution >= 4 is 40.3 Å². The van der Waals surface area contributed by atoms with Crippen LogP contribution in [-0.4, -0.2) is 38.5 Å². The molecule has 188 valence electrons. The second-order valence-electron chi connectivity index (χ2n) is 9.52. The van der Waals surface area contributed by atoms with Crippen molar-refractivity contribution in [3.05, 3.63) is 58.6 Å². The van der Waals surface area contributed by atoms with E-state index in [0.717, 1.165) is 61.9 Å². The maximum absolute atomic E-state index is 15.0. The van der Waals surface area contributed by atoms with Crippen molar-refractivity contribution in [2.24, 2.45) is 0 Å². The third kappa shape index (κ3) is 4.60. The number of halogens is 2. The van der Waals surface area contributed by atoms with E-state index in [0.29, 0.717) is 15.8 Å². The van der Waals surface area contributed by atoms with E-state index in [9.17, 15) is 9.18 Å². The second kappa shape index (κ2) is 10.0. The lowest BCUT2D eigenvalue weighted by atomic mass is 9.90. The highest BCUT2D eigenvalue weighted by atomic mass is 35.5. The number of pyridine rings is 1. The molecule has 1 saturated heterocycles. The molecule has 10 heteroatoms. The lowest BCUT2D eigenvalue weighted by Crippen LogP contribution is -2.45. The number of nitrogens with one attached hydrogen (secondary N) is 2. The Balaban J connectivity index is 1.35. The zero-order valence-electron chi connectivity index (χ0n) is 19.6. The molecule has 2 N–H and O–H groups in total. The maximum atomic E-state index is 15.0. The fraction of sp³-hybridized carbons (Fsp3) is 0.423. The molecule has 4 atom stereocenters. The normalized spacial score (nSPS) is 26.1. The number of hydrogen-bond donors (Lipinski definition) is 2. The molecule has 1 amide bonds. The van der Waals surface area contributed by atoms with E-state index >= 15 is 0 Å². The van der Waals surface area contributed by atoms with E-state index < -0.39 is 5.37 Å². The molecule has 36 heavy (non-hydrogen) atoms. The molecule has 3 aromatic rings. The first-order valence-corrected chi connectivity index (χ1v) is 13.7. The Morgan fingerprint density at radius 2 is 2.14 bits per heavy atom. The number of aromatic nitrogens is 3. The number of thioether (sulfide) groups is 1. The first-order chi connectivity index (χ1) is 17.6. The van der Waals surface area contributed by atoms with E-state index in [-0.39, 0.29) is 29.9 Å². The summed E-state index contributed by atoms with van der Waals surface area (Å²) in [5.74, 6) is 0.207. The van der Waals surface area contributed by atoms with Crippen molar-refractivity contribution in [1.82, 2.24) is 25.2 Å². The number of benzene rings is 1. The fourth-order valence-corrected chi connectivity index (χ4v) is 6.46. The Labute approximate surface area is 217 Å². The molecule has 0 spiro atoms. The monoisotopic (exact) mass is 527 g/mol. The van der Waals surface area contributed by atoms with Crippen LogP contribution in [0.4, 0.5) is 4.39 Å². The molecule has 1 aliphatic carbocycles. The number of nitrogens with zero attached hydrogens (tertiary/aromatic N) is 3. The van der Waals surface area contributed by atoms with E-state index in [2.05, 4.69) is 26.3 Å². The minimum Gasteiger partial charge on any atom is -0.372 e. The molecule has 3 aliphatic rings. The summed E-state index contributed by atoms with van der Waals surface area (Å²) in [6.07, 6.45) is 8.84. The van der Waals surface area contributed by atoms with Crippen LogP contribution in [0.25, 0.3) is 22.4 Å². The summed E-state index contributed by atoms with van der Waals surface area (Å²) in [5.41, 5.74) is 3.00. The molecule has 0 radical (unpaired) electrons. The Morgan fingerprint density at radius 1 is 1.25 bits per heavy atom. The van der Waals surface area contributed by atoms with Crippen LogP contribution in [0, 0.1) is 5.82 Å². The number of amides is 1. The molecular formula is C26H27ClFN5O2S. The van der Waals surface area contributed by atoms with Crippen LogP contribution in [0.3, 0.4) is 0 Å². The minimum atomic E-state index is -0.416. The van der Waals surface area contributed by atoms with Gasteiger partial charge in [0, 0.05) is 24.9 Å². The van der Waals surface area contributed by atoms with E-state index in [1.54, 1.807) is 24.5 Å². The largest absolute Gasteiger partial charge is 0.372 e. The van der Waals surface area contributed by atoms with Crippen molar-refractivity contribution in [3.8, 4) is 11.4 Å². The predicted octanol–water partition coefficient (Wildman–Crippen LogP) is 5.39. The number of carbonyl (C=O) groups excluding carboxylic acids is 1. The van der Waals surface area contributed by atoms with Gasteiger partial charge in [0.2, 0.25) is 0 Å². The molecule has 1 aromatic carbocycles. The van der Waals surface area contributed by atoms with Crippen molar-refractivity contribution in [2.75, 3.05) is 6.61 Å². The molecule has 1 saturated carbocycles. The van der Waals surface area contributed by atoms with Crippen LogP contribution >= 0.6 is 23.4 Å². The molecule has 2 fully saturated rings. The summed E-state index contributed by atoms with van der Waals surface area (Å²) in [6, 6.07) is 8.85. The standard InChI is InChI=1S/C26H27ClFN5O2S/c27-23-14-30-26(36-23)25(34)31-15-5-3-6-16(11-15)33-21-12-19(22-9-4-10-35-22)29-13-20(21)32-24(33)17-7-1-2-8-18(17)28/h1-2,7-8,12-16,22,26,30H,3-6,9-11H2,(H,31,34). The van der Waals surface area contributed by atoms with Crippen LogP contribution < -0.4 is 10.6 Å². The van der Waals surface area contributed by atoms with Gasteiger partial charge in [0.1, 0.15) is 17.2 Å². The lowest BCUT2D eigenvalue weighted by molar-refractivity contribution is -0.121. The molecular weight excluding hydrogens is 501 g/mol. The van der Waals surface area contributed by atoms with Crippen molar-refractivity contribution in [3.63, 3.8) is 0 Å². The van der Waals surface area contributed by atoms with E-state index in [4.69, 9.17) is 21.3 Å². The first kappa shape index (κ1) is 23.8. The van der Waals surface area contributed by atoms with Gasteiger partial charge in [0.15, 0.2) is 5.37 Å².